The Hall–Kier alpha value is -0.540. The van der Waals surface area contributed by atoms with Crippen LogP contribution in [0.25, 0.3) is 0 Å². The molecule has 0 aliphatic heterocycles. The van der Waals surface area contributed by atoms with Gasteiger partial charge in [-0.15, -0.1) is 0 Å². The summed E-state index contributed by atoms with van der Waals surface area (Å²) in [6, 6.07) is 6.16. The van der Waals surface area contributed by atoms with E-state index in [0.717, 1.165) is 23.2 Å². The Balaban J connectivity index is 2.37. The Bertz CT molecular complexity index is 375. The zero-order chi connectivity index (χ0) is 14.3. The molecule has 1 aromatic carbocycles. The van der Waals surface area contributed by atoms with Gasteiger partial charge in [0.25, 0.3) is 0 Å². The molecule has 0 fully saturated rings. The van der Waals surface area contributed by atoms with Gasteiger partial charge < -0.3 is 9.47 Å². The van der Waals surface area contributed by atoms with Gasteiger partial charge in [0.2, 0.25) is 0 Å². The van der Waals surface area contributed by atoms with Gasteiger partial charge in [0.15, 0.2) is 0 Å². The molecule has 0 saturated carbocycles. The highest BCUT2D eigenvalue weighted by molar-refractivity contribution is 9.10. The van der Waals surface area contributed by atoms with Gasteiger partial charge in [0.05, 0.1) is 6.61 Å². The van der Waals surface area contributed by atoms with E-state index in [2.05, 4.69) is 49.7 Å². The van der Waals surface area contributed by atoms with Gasteiger partial charge in [0.1, 0.15) is 12.4 Å². The fraction of sp³-hybridized carbons (Fsp3) is 0.625. The third-order valence-corrected chi connectivity index (χ3v) is 3.41. The average molecular weight is 329 g/mol. The molecule has 1 rings (SSSR count). The molecule has 3 heteroatoms. The standard InChI is InChI=1S/C16H25BrO2/c1-12(2)7-8-18-9-10-19-16-6-5-14(17)11-15(16)13(3)4/h5-6,11-13H,7-10H2,1-4H3. The predicted molar refractivity (Wildman–Crippen MR) is 84.0 cm³/mol. The molecule has 108 valence electrons. The van der Waals surface area contributed by atoms with Crippen molar-refractivity contribution in [1.29, 1.82) is 0 Å². The first-order valence-electron chi connectivity index (χ1n) is 7.00. The number of hydrogen-bond donors (Lipinski definition) is 0. The summed E-state index contributed by atoms with van der Waals surface area (Å²) >= 11 is 3.50. The molecule has 0 bridgehead atoms. The van der Waals surface area contributed by atoms with E-state index >= 15 is 0 Å². The van der Waals surface area contributed by atoms with Gasteiger partial charge in [0, 0.05) is 11.1 Å². The monoisotopic (exact) mass is 328 g/mol. The Morgan fingerprint density at radius 1 is 1.05 bits per heavy atom. The van der Waals surface area contributed by atoms with E-state index in [1.807, 2.05) is 12.1 Å². The van der Waals surface area contributed by atoms with Crippen LogP contribution in [0.1, 0.15) is 45.6 Å². The largest absolute Gasteiger partial charge is 0.491 e. The van der Waals surface area contributed by atoms with Crippen molar-refractivity contribution >= 4 is 15.9 Å². The van der Waals surface area contributed by atoms with Gasteiger partial charge in [-0.05, 0) is 42.0 Å². The van der Waals surface area contributed by atoms with E-state index in [1.54, 1.807) is 0 Å². The fourth-order valence-corrected chi connectivity index (χ4v) is 2.11. The molecule has 0 radical (unpaired) electrons. The summed E-state index contributed by atoms with van der Waals surface area (Å²) in [5.74, 6) is 2.11. The van der Waals surface area contributed by atoms with Crippen molar-refractivity contribution in [2.45, 2.75) is 40.0 Å². The van der Waals surface area contributed by atoms with Crippen LogP contribution in [0.4, 0.5) is 0 Å². The Labute approximate surface area is 125 Å². The Kier molecular flexibility index (Phi) is 7.47. The lowest BCUT2D eigenvalue weighted by Gasteiger charge is -2.14. The van der Waals surface area contributed by atoms with Gasteiger partial charge in [-0.1, -0.05) is 43.6 Å². The summed E-state index contributed by atoms with van der Waals surface area (Å²) in [4.78, 5) is 0. The topological polar surface area (TPSA) is 18.5 Å². The summed E-state index contributed by atoms with van der Waals surface area (Å²) in [6.45, 7) is 10.8. The molecule has 0 N–H and O–H groups in total. The first-order chi connectivity index (χ1) is 9.00. The van der Waals surface area contributed by atoms with Gasteiger partial charge in [-0.3, -0.25) is 0 Å². The van der Waals surface area contributed by atoms with E-state index in [-0.39, 0.29) is 0 Å². The van der Waals surface area contributed by atoms with E-state index in [9.17, 15) is 0 Å². The number of rotatable bonds is 8. The molecule has 19 heavy (non-hydrogen) atoms. The van der Waals surface area contributed by atoms with E-state index in [4.69, 9.17) is 9.47 Å². The zero-order valence-electron chi connectivity index (χ0n) is 12.4. The second-order valence-corrected chi connectivity index (χ2v) is 6.40. The van der Waals surface area contributed by atoms with Crippen LogP contribution in [0.15, 0.2) is 22.7 Å². The van der Waals surface area contributed by atoms with Crippen molar-refractivity contribution in [3.05, 3.63) is 28.2 Å². The lowest BCUT2D eigenvalue weighted by molar-refractivity contribution is 0.0922. The van der Waals surface area contributed by atoms with E-state index < -0.39 is 0 Å². The highest BCUT2D eigenvalue weighted by Crippen LogP contribution is 2.29. The molecule has 1 aromatic rings. The van der Waals surface area contributed by atoms with Crippen molar-refractivity contribution < 1.29 is 9.47 Å². The smallest absolute Gasteiger partial charge is 0.122 e. The van der Waals surface area contributed by atoms with Crippen LogP contribution in [0, 0.1) is 5.92 Å². The molecule has 0 unspecified atom stereocenters. The normalized spacial score (nSPS) is 11.3. The Morgan fingerprint density at radius 2 is 1.79 bits per heavy atom. The van der Waals surface area contributed by atoms with Crippen LogP contribution < -0.4 is 4.74 Å². The third-order valence-electron chi connectivity index (χ3n) is 2.92. The van der Waals surface area contributed by atoms with Gasteiger partial charge in [-0.25, -0.2) is 0 Å². The zero-order valence-corrected chi connectivity index (χ0v) is 14.0. The third kappa shape index (κ3) is 6.44. The lowest BCUT2D eigenvalue weighted by atomic mass is 10.0. The summed E-state index contributed by atoms with van der Waals surface area (Å²) in [6.07, 6.45) is 1.11. The maximum absolute atomic E-state index is 5.81. The first kappa shape index (κ1) is 16.5. The van der Waals surface area contributed by atoms with Crippen molar-refractivity contribution in [1.82, 2.24) is 0 Å². The van der Waals surface area contributed by atoms with Crippen molar-refractivity contribution in [3.8, 4) is 5.75 Å². The minimum atomic E-state index is 0.453. The molecule has 0 heterocycles. The number of benzene rings is 1. The quantitative estimate of drug-likeness (QED) is 0.624. The van der Waals surface area contributed by atoms with Crippen LogP contribution in [0.2, 0.25) is 0 Å². The van der Waals surface area contributed by atoms with Crippen LogP contribution in [0.5, 0.6) is 5.75 Å². The summed E-state index contributed by atoms with van der Waals surface area (Å²) < 4.78 is 12.5. The van der Waals surface area contributed by atoms with Crippen LogP contribution in [0.3, 0.4) is 0 Å². The highest BCUT2D eigenvalue weighted by Gasteiger charge is 2.08. The molecule has 0 atom stereocenters. The molecule has 0 spiro atoms. The fourth-order valence-electron chi connectivity index (χ4n) is 1.73. The first-order valence-corrected chi connectivity index (χ1v) is 7.80. The maximum Gasteiger partial charge on any atom is 0.122 e. The Morgan fingerprint density at radius 3 is 2.42 bits per heavy atom. The molecular formula is C16H25BrO2. The van der Waals surface area contributed by atoms with Crippen molar-refractivity contribution in [3.63, 3.8) is 0 Å². The summed E-state index contributed by atoms with van der Waals surface area (Å²) in [7, 11) is 0. The minimum Gasteiger partial charge on any atom is -0.491 e. The highest BCUT2D eigenvalue weighted by atomic mass is 79.9. The molecular weight excluding hydrogens is 304 g/mol. The number of hydrogen-bond acceptors (Lipinski definition) is 2. The molecule has 0 saturated heterocycles. The van der Waals surface area contributed by atoms with Gasteiger partial charge in [-0.2, -0.15) is 0 Å². The van der Waals surface area contributed by atoms with Crippen LogP contribution in [-0.4, -0.2) is 19.8 Å². The average Bonchev–Trinajstić information content (AvgIpc) is 2.34. The summed E-state index contributed by atoms with van der Waals surface area (Å²) in [5.41, 5.74) is 1.23. The van der Waals surface area contributed by atoms with Gasteiger partial charge >= 0.3 is 0 Å². The number of ether oxygens (including phenoxy) is 2. The second kappa shape index (κ2) is 8.60. The molecule has 0 aromatic heterocycles. The summed E-state index contributed by atoms with van der Waals surface area (Å²) in [5, 5.41) is 0. The predicted octanol–water partition coefficient (Wildman–Crippen LogP) is 5.01. The SMILES string of the molecule is CC(C)CCOCCOc1ccc(Br)cc1C(C)C. The van der Waals surface area contributed by atoms with Crippen LogP contribution >= 0.6 is 15.9 Å². The van der Waals surface area contributed by atoms with E-state index in [1.165, 1.54) is 5.56 Å². The number of halogens is 1. The lowest BCUT2D eigenvalue weighted by Crippen LogP contribution is -2.09. The van der Waals surface area contributed by atoms with Crippen LogP contribution in [-0.2, 0) is 4.74 Å². The molecule has 2 nitrogen and oxygen atoms in total. The minimum absolute atomic E-state index is 0.453. The maximum atomic E-state index is 5.81. The molecule has 0 aliphatic rings. The molecule has 0 amide bonds. The van der Waals surface area contributed by atoms with E-state index in [0.29, 0.717) is 25.0 Å². The molecule has 0 aliphatic carbocycles. The van der Waals surface area contributed by atoms with Crippen molar-refractivity contribution in [2.75, 3.05) is 19.8 Å². The van der Waals surface area contributed by atoms with Crippen molar-refractivity contribution in [2.24, 2.45) is 5.92 Å². The second-order valence-electron chi connectivity index (χ2n) is 5.48.